The number of benzene rings is 2. The highest BCUT2D eigenvalue weighted by Gasteiger charge is 2.22. The molecule has 0 amide bonds. The molecule has 4 rings (SSSR count). The summed E-state index contributed by atoms with van der Waals surface area (Å²) < 4.78 is 30.8. The number of guanidine groups is 1. The molecule has 0 spiro atoms. The van der Waals surface area contributed by atoms with Crippen LogP contribution in [0.2, 0.25) is 0 Å². The number of hydrogen-bond acceptors (Lipinski definition) is 4. The summed E-state index contributed by atoms with van der Waals surface area (Å²) in [7, 11) is 1.74. The van der Waals surface area contributed by atoms with E-state index >= 15 is 0 Å². The van der Waals surface area contributed by atoms with E-state index in [1.807, 2.05) is 0 Å². The highest BCUT2D eigenvalue weighted by atomic mass is 127. The minimum absolute atomic E-state index is 0. The van der Waals surface area contributed by atoms with Gasteiger partial charge in [-0.2, -0.15) is 0 Å². The number of aryl methyl sites for hydroxylation is 1. The van der Waals surface area contributed by atoms with Gasteiger partial charge in [0, 0.05) is 31.3 Å². The first-order valence-corrected chi connectivity index (χ1v) is 10.8. The van der Waals surface area contributed by atoms with E-state index in [0.29, 0.717) is 38.0 Å². The Labute approximate surface area is 206 Å². The molecular weight excluding hydrogens is 524 g/mol. The first-order chi connectivity index (χ1) is 15.1. The lowest BCUT2D eigenvalue weighted by Crippen LogP contribution is -2.38. The predicted octanol–water partition coefficient (Wildman–Crippen LogP) is 4.32. The Kier molecular flexibility index (Phi) is 8.98. The Bertz CT molecular complexity index is 950. The van der Waals surface area contributed by atoms with Gasteiger partial charge in [0.25, 0.3) is 0 Å². The van der Waals surface area contributed by atoms with Crippen LogP contribution in [0.25, 0.3) is 0 Å². The molecule has 1 fully saturated rings. The standard InChI is InChI=1S/C24H30FN3O3.HI/c1-16-3-6-19(22(9-16)30-13-17-4-5-17)12-28-24(26-2)27-8-7-18-10-21(25)11-20-14-29-15-31-23(18)20;/h3,6,9-11,17H,4-5,7-8,12-15H2,1-2H3,(H2,26,27,28);1H. The second kappa shape index (κ2) is 11.7. The molecule has 2 aromatic rings. The van der Waals surface area contributed by atoms with Crippen molar-refractivity contribution in [2.45, 2.75) is 39.3 Å². The summed E-state index contributed by atoms with van der Waals surface area (Å²) in [5, 5.41) is 6.64. The highest BCUT2D eigenvalue weighted by Crippen LogP contribution is 2.31. The average Bonchev–Trinajstić information content (AvgIpc) is 3.60. The van der Waals surface area contributed by atoms with Crippen molar-refractivity contribution in [2.24, 2.45) is 10.9 Å². The quantitative estimate of drug-likeness (QED) is 0.289. The molecule has 2 aromatic carbocycles. The molecule has 1 saturated carbocycles. The summed E-state index contributed by atoms with van der Waals surface area (Å²) in [5.41, 5.74) is 3.86. The van der Waals surface area contributed by atoms with Crippen LogP contribution in [0.5, 0.6) is 11.5 Å². The zero-order chi connectivity index (χ0) is 21.6. The van der Waals surface area contributed by atoms with E-state index in [1.165, 1.54) is 30.5 Å². The summed E-state index contributed by atoms with van der Waals surface area (Å²) >= 11 is 0. The fraction of sp³-hybridized carbons (Fsp3) is 0.458. The molecule has 1 aliphatic heterocycles. The van der Waals surface area contributed by atoms with Crippen molar-refractivity contribution in [1.82, 2.24) is 10.6 Å². The molecule has 0 aromatic heterocycles. The van der Waals surface area contributed by atoms with Gasteiger partial charge in [-0.05, 0) is 61.4 Å². The van der Waals surface area contributed by atoms with Gasteiger partial charge < -0.3 is 24.8 Å². The Hall–Kier alpha value is -2.07. The van der Waals surface area contributed by atoms with Crippen LogP contribution in [0.3, 0.4) is 0 Å². The SMILES string of the molecule is CN=C(NCCc1cc(F)cc2c1OCOC2)NCc1ccc(C)cc1OCC1CC1.I. The van der Waals surface area contributed by atoms with E-state index in [2.05, 4.69) is 40.7 Å². The summed E-state index contributed by atoms with van der Waals surface area (Å²) in [6.45, 7) is 4.63. The van der Waals surface area contributed by atoms with Crippen molar-refractivity contribution in [2.75, 3.05) is 27.0 Å². The second-order valence-electron chi connectivity index (χ2n) is 8.13. The van der Waals surface area contributed by atoms with E-state index in [-0.39, 0.29) is 36.6 Å². The Morgan fingerprint density at radius 1 is 1.19 bits per heavy atom. The number of ether oxygens (including phenoxy) is 3. The van der Waals surface area contributed by atoms with Crippen LogP contribution in [0, 0.1) is 18.7 Å². The van der Waals surface area contributed by atoms with Crippen LogP contribution in [0.15, 0.2) is 35.3 Å². The minimum Gasteiger partial charge on any atom is -0.493 e. The molecule has 0 unspecified atom stereocenters. The smallest absolute Gasteiger partial charge is 0.191 e. The van der Waals surface area contributed by atoms with Crippen LogP contribution in [0.4, 0.5) is 4.39 Å². The number of aliphatic imine (C=N–C) groups is 1. The maximum Gasteiger partial charge on any atom is 0.191 e. The lowest BCUT2D eigenvalue weighted by molar-refractivity contribution is -0.0172. The molecule has 1 heterocycles. The average molecular weight is 555 g/mol. The third-order valence-corrected chi connectivity index (χ3v) is 5.50. The van der Waals surface area contributed by atoms with E-state index in [1.54, 1.807) is 7.05 Å². The molecule has 174 valence electrons. The van der Waals surface area contributed by atoms with Crippen LogP contribution >= 0.6 is 24.0 Å². The van der Waals surface area contributed by atoms with Gasteiger partial charge in [-0.3, -0.25) is 4.99 Å². The number of fused-ring (bicyclic) bond motifs is 1. The second-order valence-corrected chi connectivity index (χ2v) is 8.13. The third-order valence-electron chi connectivity index (χ3n) is 5.50. The topological polar surface area (TPSA) is 64.1 Å². The largest absolute Gasteiger partial charge is 0.493 e. The van der Waals surface area contributed by atoms with Gasteiger partial charge in [0.05, 0.1) is 13.2 Å². The van der Waals surface area contributed by atoms with Crippen molar-refractivity contribution in [1.29, 1.82) is 0 Å². The van der Waals surface area contributed by atoms with Crippen LogP contribution in [-0.2, 0) is 24.3 Å². The summed E-state index contributed by atoms with van der Waals surface area (Å²) in [5.74, 6) is 2.78. The van der Waals surface area contributed by atoms with Gasteiger partial charge in [-0.15, -0.1) is 24.0 Å². The molecule has 0 atom stereocenters. The Morgan fingerprint density at radius 3 is 2.81 bits per heavy atom. The number of nitrogens with zero attached hydrogens (tertiary/aromatic N) is 1. The number of nitrogens with one attached hydrogen (secondary N) is 2. The van der Waals surface area contributed by atoms with Crippen molar-refractivity contribution in [3.63, 3.8) is 0 Å². The van der Waals surface area contributed by atoms with Gasteiger partial charge in [0.15, 0.2) is 12.8 Å². The van der Waals surface area contributed by atoms with Gasteiger partial charge in [0.2, 0.25) is 0 Å². The first kappa shape index (κ1) is 24.6. The van der Waals surface area contributed by atoms with E-state index in [4.69, 9.17) is 14.2 Å². The number of rotatable bonds is 8. The predicted molar refractivity (Wildman–Crippen MR) is 133 cm³/mol. The molecule has 6 nitrogen and oxygen atoms in total. The van der Waals surface area contributed by atoms with Gasteiger partial charge in [-0.25, -0.2) is 4.39 Å². The normalized spacial score (nSPS) is 15.3. The number of hydrogen-bond donors (Lipinski definition) is 2. The fourth-order valence-electron chi connectivity index (χ4n) is 3.59. The molecule has 8 heteroatoms. The van der Waals surface area contributed by atoms with Crippen LogP contribution < -0.4 is 20.1 Å². The molecule has 32 heavy (non-hydrogen) atoms. The fourth-order valence-corrected chi connectivity index (χ4v) is 3.59. The van der Waals surface area contributed by atoms with Crippen molar-refractivity contribution >= 4 is 29.9 Å². The zero-order valence-electron chi connectivity index (χ0n) is 18.6. The Balaban J connectivity index is 0.00000289. The maximum absolute atomic E-state index is 13.9. The van der Waals surface area contributed by atoms with Crippen molar-refractivity contribution in [3.05, 3.63) is 58.4 Å². The third kappa shape index (κ3) is 6.71. The molecule has 1 aliphatic carbocycles. The van der Waals surface area contributed by atoms with Crippen molar-refractivity contribution in [3.8, 4) is 11.5 Å². The van der Waals surface area contributed by atoms with Crippen LogP contribution in [-0.4, -0.2) is 33.0 Å². The molecular formula is C24H31FIN3O3. The first-order valence-electron chi connectivity index (χ1n) is 10.8. The molecule has 2 aliphatic rings. The molecule has 0 saturated heterocycles. The van der Waals surface area contributed by atoms with Gasteiger partial charge in [-0.1, -0.05) is 12.1 Å². The summed E-state index contributed by atoms with van der Waals surface area (Å²) in [6.07, 6.45) is 3.15. The van der Waals surface area contributed by atoms with Crippen LogP contribution in [0.1, 0.15) is 35.1 Å². The molecule has 0 bridgehead atoms. The van der Waals surface area contributed by atoms with E-state index in [9.17, 15) is 4.39 Å². The number of halogens is 2. The minimum atomic E-state index is -0.275. The monoisotopic (exact) mass is 555 g/mol. The molecule has 2 N–H and O–H groups in total. The van der Waals surface area contributed by atoms with E-state index in [0.717, 1.165) is 34.8 Å². The van der Waals surface area contributed by atoms with Gasteiger partial charge in [0.1, 0.15) is 17.3 Å². The van der Waals surface area contributed by atoms with Gasteiger partial charge >= 0.3 is 0 Å². The van der Waals surface area contributed by atoms with E-state index < -0.39 is 0 Å². The lowest BCUT2D eigenvalue weighted by atomic mass is 10.1. The maximum atomic E-state index is 13.9. The lowest BCUT2D eigenvalue weighted by Gasteiger charge is -2.21. The highest BCUT2D eigenvalue weighted by molar-refractivity contribution is 14.0. The zero-order valence-corrected chi connectivity index (χ0v) is 20.9. The molecule has 0 radical (unpaired) electrons. The summed E-state index contributed by atoms with van der Waals surface area (Å²) in [6, 6.07) is 9.27. The Morgan fingerprint density at radius 2 is 2.03 bits per heavy atom. The van der Waals surface area contributed by atoms with Crippen molar-refractivity contribution < 1.29 is 18.6 Å². The summed E-state index contributed by atoms with van der Waals surface area (Å²) in [4.78, 5) is 4.30.